The lowest BCUT2D eigenvalue weighted by atomic mass is 9.87. The van der Waals surface area contributed by atoms with Gasteiger partial charge in [0.1, 0.15) is 0 Å². The van der Waals surface area contributed by atoms with E-state index in [0.717, 1.165) is 36.7 Å². The minimum atomic E-state index is -0.117. The maximum absolute atomic E-state index is 12.2. The van der Waals surface area contributed by atoms with E-state index in [0.29, 0.717) is 12.1 Å². The maximum atomic E-state index is 12.2. The summed E-state index contributed by atoms with van der Waals surface area (Å²) in [6, 6.07) is 5.41. The molecule has 0 saturated heterocycles. The van der Waals surface area contributed by atoms with Crippen molar-refractivity contribution in [2.24, 2.45) is 5.41 Å². The summed E-state index contributed by atoms with van der Waals surface area (Å²) in [6.45, 7) is 0.691. The number of hydrogen-bond acceptors (Lipinski definition) is 3. The topological polar surface area (TPSA) is 78.0 Å². The number of carbonyl (C=O) groups is 1. The average molecular weight is 273 g/mol. The highest BCUT2D eigenvalue weighted by Crippen LogP contribution is 2.36. The van der Waals surface area contributed by atoms with Gasteiger partial charge in [0.2, 0.25) is 0 Å². The summed E-state index contributed by atoms with van der Waals surface area (Å²) >= 11 is 0. The third-order valence-electron chi connectivity index (χ3n) is 4.31. The number of hydrogen-bond donors (Lipinski definition) is 3. The van der Waals surface area contributed by atoms with Crippen LogP contribution in [0.3, 0.4) is 0 Å². The minimum absolute atomic E-state index is 0.0961. The summed E-state index contributed by atoms with van der Waals surface area (Å²) in [7, 11) is 0. The third-order valence-corrected chi connectivity index (χ3v) is 4.31. The monoisotopic (exact) mass is 273 g/mol. The zero-order valence-electron chi connectivity index (χ0n) is 11.4. The smallest absolute Gasteiger partial charge is 0.251 e. The molecular weight excluding hydrogens is 254 g/mol. The third kappa shape index (κ3) is 2.41. The number of carbonyl (C=O) groups excluding carboxylic acids is 1. The fourth-order valence-electron chi connectivity index (χ4n) is 2.96. The van der Waals surface area contributed by atoms with Gasteiger partial charge in [-0.05, 0) is 31.0 Å². The predicted molar refractivity (Wildman–Crippen MR) is 76.4 cm³/mol. The van der Waals surface area contributed by atoms with Crippen molar-refractivity contribution >= 4 is 16.9 Å². The van der Waals surface area contributed by atoms with Crippen molar-refractivity contribution in [3.63, 3.8) is 0 Å². The second-order valence-corrected chi connectivity index (χ2v) is 5.68. The van der Waals surface area contributed by atoms with Gasteiger partial charge in [-0.1, -0.05) is 12.8 Å². The number of H-pyrrole nitrogens is 1. The van der Waals surface area contributed by atoms with Crippen molar-refractivity contribution in [3.05, 3.63) is 30.1 Å². The Hall–Kier alpha value is -1.88. The molecule has 1 heterocycles. The average Bonchev–Trinajstić information content (AvgIpc) is 3.13. The first-order chi connectivity index (χ1) is 9.72. The number of nitrogens with one attached hydrogen (secondary N) is 2. The molecule has 106 valence electrons. The Bertz CT molecular complexity index is 614. The molecule has 1 aromatic heterocycles. The molecule has 1 amide bonds. The van der Waals surface area contributed by atoms with Gasteiger partial charge in [0.05, 0.1) is 24.0 Å². The molecule has 0 atom stereocenters. The van der Waals surface area contributed by atoms with Gasteiger partial charge < -0.3 is 15.4 Å². The van der Waals surface area contributed by atoms with Crippen LogP contribution in [0.15, 0.2) is 24.5 Å². The van der Waals surface area contributed by atoms with Gasteiger partial charge in [0.15, 0.2) is 0 Å². The van der Waals surface area contributed by atoms with Crippen molar-refractivity contribution < 1.29 is 9.90 Å². The SMILES string of the molecule is O=C(NCC1(CO)CCCC1)c1ccc2nc[nH]c2c1. The van der Waals surface area contributed by atoms with Gasteiger partial charge in [0.25, 0.3) is 5.91 Å². The fraction of sp³-hybridized carbons (Fsp3) is 0.467. The summed E-state index contributed by atoms with van der Waals surface area (Å²) in [5.41, 5.74) is 2.21. The van der Waals surface area contributed by atoms with Gasteiger partial charge >= 0.3 is 0 Å². The molecule has 20 heavy (non-hydrogen) atoms. The molecule has 2 aromatic rings. The number of aromatic nitrogens is 2. The Morgan fingerprint density at radius 1 is 1.40 bits per heavy atom. The summed E-state index contributed by atoms with van der Waals surface area (Å²) in [4.78, 5) is 19.3. The van der Waals surface area contributed by atoms with Crippen LogP contribution in [0.1, 0.15) is 36.0 Å². The quantitative estimate of drug-likeness (QED) is 0.795. The molecule has 5 heteroatoms. The first-order valence-electron chi connectivity index (χ1n) is 7.05. The first-order valence-corrected chi connectivity index (χ1v) is 7.05. The fourth-order valence-corrected chi connectivity index (χ4v) is 2.96. The molecule has 0 radical (unpaired) electrons. The zero-order chi connectivity index (χ0) is 14.0. The molecule has 1 aliphatic rings. The molecule has 1 fully saturated rings. The van der Waals surface area contributed by atoms with Crippen LogP contribution in [-0.2, 0) is 0 Å². The summed E-state index contributed by atoms with van der Waals surface area (Å²) in [6.07, 6.45) is 5.87. The molecule has 0 spiro atoms. The highest BCUT2D eigenvalue weighted by atomic mass is 16.3. The van der Waals surface area contributed by atoms with Crippen LogP contribution in [0.4, 0.5) is 0 Å². The molecule has 3 N–H and O–H groups in total. The lowest BCUT2D eigenvalue weighted by Crippen LogP contribution is -2.38. The van der Waals surface area contributed by atoms with Crippen molar-refractivity contribution in [3.8, 4) is 0 Å². The summed E-state index contributed by atoms with van der Waals surface area (Å²) in [5.74, 6) is -0.0961. The molecule has 0 unspecified atom stereocenters. The number of nitrogens with zero attached hydrogens (tertiary/aromatic N) is 1. The first kappa shape index (κ1) is 13.1. The second kappa shape index (κ2) is 5.25. The normalized spacial score (nSPS) is 17.4. The van der Waals surface area contributed by atoms with Crippen LogP contribution in [0, 0.1) is 5.41 Å². The van der Waals surface area contributed by atoms with Crippen LogP contribution >= 0.6 is 0 Å². The van der Waals surface area contributed by atoms with Crippen LogP contribution < -0.4 is 5.32 Å². The Kier molecular flexibility index (Phi) is 3.44. The largest absolute Gasteiger partial charge is 0.396 e. The number of aromatic amines is 1. The number of benzene rings is 1. The number of amides is 1. The van der Waals surface area contributed by atoms with E-state index in [2.05, 4.69) is 15.3 Å². The second-order valence-electron chi connectivity index (χ2n) is 5.68. The van der Waals surface area contributed by atoms with E-state index < -0.39 is 0 Å². The van der Waals surface area contributed by atoms with Gasteiger partial charge in [-0.25, -0.2) is 4.98 Å². The molecule has 0 bridgehead atoms. The number of rotatable bonds is 4. The number of aliphatic hydroxyl groups is 1. The van der Waals surface area contributed by atoms with Crippen molar-refractivity contribution in [2.75, 3.05) is 13.2 Å². The molecule has 1 aromatic carbocycles. The van der Waals surface area contributed by atoms with Crippen molar-refractivity contribution in [1.29, 1.82) is 0 Å². The van der Waals surface area contributed by atoms with Crippen LogP contribution in [0.5, 0.6) is 0 Å². The van der Waals surface area contributed by atoms with E-state index in [1.54, 1.807) is 18.5 Å². The van der Waals surface area contributed by atoms with E-state index in [-0.39, 0.29) is 17.9 Å². The highest BCUT2D eigenvalue weighted by Gasteiger charge is 2.33. The van der Waals surface area contributed by atoms with Crippen LogP contribution in [-0.4, -0.2) is 34.1 Å². The molecule has 0 aliphatic heterocycles. The van der Waals surface area contributed by atoms with Crippen molar-refractivity contribution in [2.45, 2.75) is 25.7 Å². The Balaban J connectivity index is 1.69. The maximum Gasteiger partial charge on any atom is 0.251 e. The van der Waals surface area contributed by atoms with Gasteiger partial charge in [-0.3, -0.25) is 4.79 Å². The highest BCUT2D eigenvalue weighted by molar-refractivity contribution is 5.97. The summed E-state index contributed by atoms with van der Waals surface area (Å²) in [5, 5.41) is 12.5. The van der Waals surface area contributed by atoms with Gasteiger partial charge in [-0.2, -0.15) is 0 Å². The van der Waals surface area contributed by atoms with Crippen LogP contribution in [0.2, 0.25) is 0 Å². The van der Waals surface area contributed by atoms with Crippen molar-refractivity contribution in [1.82, 2.24) is 15.3 Å². The predicted octanol–water partition coefficient (Wildman–Crippen LogP) is 1.85. The lowest BCUT2D eigenvalue weighted by Gasteiger charge is -2.26. The van der Waals surface area contributed by atoms with E-state index in [1.165, 1.54) is 0 Å². The van der Waals surface area contributed by atoms with Gasteiger partial charge in [-0.15, -0.1) is 0 Å². The molecule has 1 aliphatic carbocycles. The minimum Gasteiger partial charge on any atom is -0.396 e. The summed E-state index contributed by atoms with van der Waals surface area (Å²) < 4.78 is 0. The number of fused-ring (bicyclic) bond motifs is 1. The number of aliphatic hydroxyl groups excluding tert-OH is 1. The molecular formula is C15H19N3O2. The number of imidazole rings is 1. The van der Waals surface area contributed by atoms with E-state index >= 15 is 0 Å². The Morgan fingerprint density at radius 3 is 2.95 bits per heavy atom. The molecule has 5 nitrogen and oxygen atoms in total. The molecule has 1 saturated carbocycles. The van der Waals surface area contributed by atoms with Gasteiger partial charge in [0, 0.05) is 17.5 Å². The lowest BCUT2D eigenvalue weighted by molar-refractivity contribution is 0.0881. The Labute approximate surface area is 117 Å². The van der Waals surface area contributed by atoms with E-state index in [9.17, 15) is 9.90 Å². The zero-order valence-corrected chi connectivity index (χ0v) is 11.4. The van der Waals surface area contributed by atoms with E-state index in [1.807, 2.05) is 6.07 Å². The molecule has 3 rings (SSSR count). The van der Waals surface area contributed by atoms with Crippen LogP contribution in [0.25, 0.3) is 11.0 Å². The standard InChI is InChI=1S/C15H19N3O2/c19-9-15(5-1-2-6-15)8-16-14(20)11-3-4-12-13(7-11)18-10-17-12/h3-4,7,10,19H,1-2,5-6,8-9H2,(H,16,20)(H,17,18). The van der Waals surface area contributed by atoms with E-state index in [4.69, 9.17) is 0 Å². The Morgan fingerprint density at radius 2 is 2.20 bits per heavy atom.